The summed E-state index contributed by atoms with van der Waals surface area (Å²) in [7, 11) is 1.49. The van der Waals surface area contributed by atoms with Crippen molar-refractivity contribution in [2.24, 2.45) is 0 Å². The molecule has 0 aliphatic carbocycles. The second-order valence-electron chi connectivity index (χ2n) is 10.1. The van der Waals surface area contributed by atoms with Gasteiger partial charge in [-0.1, -0.05) is 110 Å². The summed E-state index contributed by atoms with van der Waals surface area (Å²) in [6.07, 6.45) is 2.14. The molecule has 0 saturated carbocycles. The predicted molar refractivity (Wildman–Crippen MR) is 160 cm³/mol. The van der Waals surface area contributed by atoms with Gasteiger partial charge in [-0.2, -0.15) is 0 Å². The summed E-state index contributed by atoms with van der Waals surface area (Å²) >= 11 is 0. The molecule has 0 saturated heterocycles. The third kappa shape index (κ3) is 6.49. The lowest BCUT2D eigenvalue weighted by molar-refractivity contribution is 0.241. The van der Waals surface area contributed by atoms with Crippen molar-refractivity contribution in [2.75, 3.05) is 7.11 Å². The van der Waals surface area contributed by atoms with E-state index < -0.39 is 0 Å². The van der Waals surface area contributed by atoms with Crippen LogP contribution in [0.5, 0.6) is 5.75 Å². The van der Waals surface area contributed by atoms with Crippen molar-refractivity contribution in [1.29, 1.82) is 0 Å². The first kappa shape index (κ1) is 27.4. The third-order valence-corrected chi connectivity index (χ3v) is 7.13. The average Bonchev–Trinajstić information content (AvgIpc) is 3.35. The molecule has 0 amide bonds. The summed E-state index contributed by atoms with van der Waals surface area (Å²) in [6, 6.07) is 36.5. The Hall–Kier alpha value is -4.22. The number of methoxy groups -OCH3 is 1. The highest BCUT2D eigenvalue weighted by molar-refractivity contribution is 5.68. The zero-order chi connectivity index (χ0) is 27.7. The van der Waals surface area contributed by atoms with Crippen molar-refractivity contribution in [1.82, 2.24) is 14.5 Å². The second kappa shape index (κ2) is 13.2. The van der Waals surface area contributed by atoms with Crippen molar-refractivity contribution in [3.05, 3.63) is 132 Å². The Bertz CT molecular complexity index is 1500. The van der Waals surface area contributed by atoms with E-state index in [-0.39, 0.29) is 11.6 Å². The highest BCUT2D eigenvalue weighted by Crippen LogP contribution is 2.32. The molecule has 5 aromatic rings. The van der Waals surface area contributed by atoms with Gasteiger partial charge in [-0.05, 0) is 29.7 Å². The summed E-state index contributed by atoms with van der Waals surface area (Å²) in [5, 5.41) is 0. The Balaban J connectivity index is 1.60. The monoisotopic (exact) mass is 533 g/mol. The number of nitrogens with zero attached hydrogens (tertiary/aromatic N) is 3. The standard InChI is InChI=1S/C35H36FN3O/c1-3-4-22-39-32(34(29-16-10-6-11-17-29)37-35(39)30-18-12-7-13-19-30)26-38(24-27-14-8-5-9-15-27)25-28-20-21-33(40-2)31(36)23-28/h5-21,23H,3-4,22,24-26H2,1-2H3. The molecule has 4 aromatic carbocycles. The summed E-state index contributed by atoms with van der Waals surface area (Å²) in [6.45, 7) is 5.07. The van der Waals surface area contributed by atoms with E-state index in [0.717, 1.165) is 54.1 Å². The van der Waals surface area contributed by atoms with E-state index in [1.54, 1.807) is 12.1 Å². The molecule has 204 valence electrons. The largest absolute Gasteiger partial charge is 0.494 e. The molecular formula is C35H36FN3O. The van der Waals surface area contributed by atoms with E-state index in [2.05, 4.69) is 89.2 Å². The van der Waals surface area contributed by atoms with Crippen molar-refractivity contribution in [3.63, 3.8) is 0 Å². The van der Waals surface area contributed by atoms with Gasteiger partial charge in [0.25, 0.3) is 0 Å². The van der Waals surface area contributed by atoms with Crippen LogP contribution in [0.4, 0.5) is 4.39 Å². The zero-order valence-electron chi connectivity index (χ0n) is 23.3. The molecule has 0 unspecified atom stereocenters. The van der Waals surface area contributed by atoms with Gasteiger partial charge in [0, 0.05) is 37.3 Å². The van der Waals surface area contributed by atoms with Crippen molar-refractivity contribution in [2.45, 2.75) is 45.9 Å². The molecule has 0 bridgehead atoms. The molecule has 5 heteroatoms. The summed E-state index contributed by atoms with van der Waals surface area (Å²) in [5.74, 6) is 0.900. The van der Waals surface area contributed by atoms with E-state index in [9.17, 15) is 4.39 Å². The Morgan fingerprint density at radius 2 is 1.38 bits per heavy atom. The van der Waals surface area contributed by atoms with Gasteiger partial charge in [0.15, 0.2) is 11.6 Å². The van der Waals surface area contributed by atoms with Crippen molar-refractivity contribution < 1.29 is 9.13 Å². The molecule has 1 heterocycles. The van der Waals surface area contributed by atoms with Gasteiger partial charge in [-0.15, -0.1) is 0 Å². The lowest BCUT2D eigenvalue weighted by Gasteiger charge is -2.25. The Labute approximate surface area is 236 Å². The number of imidazole rings is 1. The Morgan fingerprint density at radius 1 is 0.750 bits per heavy atom. The van der Waals surface area contributed by atoms with Crippen molar-refractivity contribution in [3.8, 4) is 28.4 Å². The van der Waals surface area contributed by atoms with Crippen LogP contribution >= 0.6 is 0 Å². The number of unbranched alkanes of at least 4 members (excludes halogenated alkanes) is 1. The first-order valence-electron chi connectivity index (χ1n) is 13.9. The number of halogens is 1. The van der Waals surface area contributed by atoms with Crippen LogP contribution in [-0.2, 0) is 26.2 Å². The number of rotatable bonds is 12. The predicted octanol–water partition coefficient (Wildman–Crippen LogP) is 8.37. The summed E-state index contributed by atoms with van der Waals surface area (Å²) < 4.78 is 22.2. The van der Waals surface area contributed by atoms with Gasteiger partial charge < -0.3 is 9.30 Å². The highest BCUT2D eigenvalue weighted by Gasteiger charge is 2.22. The second-order valence-corrected chi connectivity index (χ2v) is 10.1. The van der Waals surface area contributed by atoms with E-state index in [4.69, 9.17) is 9.72 Å². The first-order chi connectivity index (χ1) is 19.7. The molecule has 1 aromatic heterocycles. The minimum Gasteiger partial charge on any atom is -0.494 e. The summed E-state index contributed by atoms with van der Waals surface area (Å²) in [5.41, 5.74) is 6.48. The molecule has 40 heavy (non-hydrogen) atoms. The Morgan fingerprint density at radius 3 is 2.00 bits per heavy atom. The topological polar surface area (TPSA) is 30.3 Å². The van der Waals surface area contributed by atoms with E-state index in [1.165, 1.54) is 18.4 Å². The highest BCUT2D eigenvalue weighted by atomic mass is 19.1. The number of ether oxygens (including phenoxy) is 1. The molecule has 0 aliphatic rings. The van der Waals surface area contributed by atoms with Crippen LogP contribution < -0.4 is 4.74 Å². The maximum atomic E-state index is 14.7. The number of hydrogen-bond donors (Lipinski definition) is 0. The van der Waals surface area contributed by atoms with Gasteiger partial charge in [-0.25, -0.2) is 9.37 Å². The maximum absolute atomic E-state index is 14.7. The van der Waals surface area contributed by atoms with Crippen LogP contribution in [0.2, 0.25) is 0 Å². The molecule has 0 radical (unpaired) electrons. The van der Waals surface area contributed by atoms with Crippen LogP contribution in [0, 0.1) is 5.82 Å². The van der Waals surface area contributed by atoms with Crippen molar-refractivity contribution >= 4 is 0 Å². The molecule has 0 N–H and O–H groups in total. The van der Waals surface area contributed by atoms with Crippen LogP contribution in [0.1, 0.15) is 36.6 Å². The molecule has 0 atom stereocenters. The minimum absolute atomic E-state index is 0.259. The normalized spacial score (nSPS) is 11.2. The zero-order valence-corrected chi connectivity index (χ0v) is 23.3. The molecule has 0 aliphatic heterocycles. The average molecular weight is 534 g/mol. The molecule has 5 rings (SSSR count). The van der Waals surface area contributed by atoms with Crippen LogP contribution in [0.3, 0.4) is 0 Å². The van der Waals surface area contributed by atoms with E-state index in [1.807, 2.05) is 24.3 Å². The molecular weight excluding hydrogens is 497 g/mol. The third-order valence-electron chi connectivity index (χ3n) is 7.13. The van der Waals surface area contributed by atoms with Gasteiger partial charge >= 0.3 is 0 Å². The quantitative estimate of drug-likeness (QED) is 0.161. The molecule has 0 spiro atoms. The number of aromatic nitrogens is 2. The van der Waals surface area contributed by atoms with Gasteiger partial charge in [0.1, 0.15) is 5.82 Å². The Kier molecular flexibility index (Phi) is 9.04. The van der Waals surface area contributed by atoms with Gasteiger partial charge in [-0.3, -0.25) is 4.90 Å². The van der Waals surface area contributed by atoms with E-state index >= 15 is 0 Å². The van der Waals surface area contributed by atoms with Gasteiger partial charge in [0.2, 0.25) is 0 Å². The van der Waals surface area contributed by atoms with Gasteiger partial charge in [0.05, 0.1) is 18.5 Å². The fourth-order valence-corrected chi connectivity index (χ4v) is 5.13. The lowest BCUT2D eigenvalue weighted by Crippen LogP contribution is -2.24. The fourth-order valence-electron chi connectivity index (χ4n) is 5.13. The van der Waals surface area contributed by atoms with Crippen LogP contribution in [0.15, 0.2) is 109 Å². The summed E-state index contributed by atoms with van der Waals surface area (Å²) in [4.78, 5) is 7.64. The van der Waals surface area contributed by atoms with Crippen LogP contribution in [-0.4, -0.2) is 21.6 Å². The smallest absolute Gasteiger partial charge is 0.165 e. The first-order valence-corrected chi connectivity index (χ1v) is 13.9. The maximum Gasteiger partial charge on any atom is 0.165 e. The number of hydrogen-bond acceptors (Lipinski definition) is 3. The fraction of sp³-hybridized carbons (Fsp3) is 0.229. The molecule has 0 fully saturated rings. The van der Waals surface area contributed by atoms with Crippen LogP contribution in [0.25, 0.3) is 22.6 Å². The van der Waals surface area contributed by atoms with E-state index in [0.29, 0.717) is 13.1 Å². The number of benzene rings is 4. The lowest BCUT2D eigenvalue weighted by atomic mass is 10.1. The minimum atomic E-state index is -0.344. The SMILES string of the molecule is CCCCn1c(-c2ccccc2)nc(-c2ccccc2)c1CN(Cc1ccccc1)Cc1ccc(OC)c(F)c1. The molecule has 4 nitrogen and oxygen atoms in total.